The normalized spacial score (nSPS) is 24.6. The van der Waals surface area contributed by atoms with Crippen LogP contribution in [0.25, 0.3) is 0 Å². The molecule has 0 aromatic carbocycles. The molecule has 0 radical (unpaired) electrons. The van der Waals surface area contributed by atoms with Crippen molar-refractivity contribution in [2.75, 3.05) is 38.2 Å². The van der Waals surface area contributed by atoms with Crippen molar-refractivity contribution >= 4 is 21.6 Å². The highest BCUT2D eigenvalue weighted by molar-refractivity contribution is 8.76. The van der Waals surface area contributed by atoms with Crippen LogP contribution in [-0.2, 0) is 22.6 Å². The summed E-state index contributed by atoms with van der Waals surface area (Å²) in [4.78, 5) is 4.68. The Balaban J connectivity index is 1.17. The van der Waals surface area contributed by atoms with E-state index in [-0.39, 0.29) is 0 Å². The Hall–Kier alpha value is -0.900. The predicted molar refractivity (Wildman–Crippen MR) is 103 cm³/mol. The minimum atomic E-state index is 0.441. The number of nitrogens with zero attached hydrogens (tertiary/aromatic N) is 2. The van der Waals surface area contributed by atoms with E-state index in [1.54, 1.807) is 12.5 Å². The molecule has 2 aliphatic heterocycles. The molecule has 6 nitrogen and oxygen atoms in total. The second kappa shape index (κ2) is 9.34. The van der Waals surface area contributed by atoms with E-state index in [0.717, 1.165) is 49.3 Å². The molecule has 2 atom stereocenters. The monoisotopic (exact) mass is 396 g/mol. The van der Waals surface area contributed by atoms with Crippen molar-refractivity contribution in [1.29, 1.82) is 0 Å². The summed E-state index contributed by atoms with van der Waals surface area (Å²) in [6.07, 6.45) is 3.45. The summed E-state index contributed by atoms with van der Waals surface area (Å²) in [7, 11) is 3.84. The maximum atomic E-state index is 5.65. The Bertz CT molecular complexity index is 581. The van der Waals surface area contributed by atoms with Gasteiger partial charge in [0, 0.05) is 23.6 Å². The number of rotatable bonds is 9. The zero-order valence-electron chi connectivity index (χ0n) is 14.6. The third kappa shape index (κ3) is 4.88. The Morgan fingerprint density at radius 2 is 1.31 bits per heavy atom. The highest BCUT2D eigenvalue weighted by Crippen LogP contribution is 2.29. The van der Waals surface area contributed by atoms with Crippen molar-refractivity contribution in [1.82, 2.24) is 9.80 Å². The summed E-state index contributed by atoms with van der Waals surface area (Å²) in [5, 5.41) is 0. The molecule has 8 heteroatoms. The molecule has 2 aliphatic rings. The third-order valence-corrected chi connectivity index (χ3v) is 7.17. The van der Waals surface area contributed by atoms with Crippen LogP contribution in [0.4, 0.5) is 0 Å². The first kappa shape index (κ1) is 18.5. The standard InChI is InChI=1S/C18H24N2O4S2/c1-3-17(23-5-1)7-19-13-21-9-15(19)11-25-26-12-16-10-22-14-20(16)8-18-4-2-6-24-18/h1-6,15-16H,7-14H2/t15-,16-/m1/s1. The highest BCUT2D eigenvalue weighted by atomic mass is 33.1. The molecule has 0 saturated carbocycles. The average molecular weight is 397 g/mol. The van der Waals surface area contributed by atoms with Gasteiger partial charge in [-0.1, -0.05) is 21.6 Å². The third-order valence-electron chi connectivity index (χ3n) is 4.65. The molecular formula is C18H24N2O4S2. The molecule has 142 valence electrons. The fourth-order valence-corrected chi connectivity index (χ4v) is 5.79. The quantitative estimate of drug-likeness (QED) is 0.473. The lowest BCUT2D eigenvalue weighted by Crippen LogP contribution is -2.33. The number of ether oxygens (including phenoxy) is 2. The van der Waals surface area contributed by atoms with Crippen LogP contribution in [0.5, 0.6) is 0 Å². The first-order valence-electron chi connectivity index (χ1n) is 8.81. The molecule has 4 heterocycles. The van der Waals surface area contributed by atoms with Crippen molar-refractivity contribution in [3.05, 3.63) is 48.3 Å². The summed E-state index contributed by atoms with van der Waals surface area (Å²) in [6.45, 7) is 4.59. The van der Waals surface area contributed by atoms with Crippen molar-refractivity contribution in [3.63, 3.8) is 0 Å². The lowest BCUT2D eigenvalue weighted by atomic mass is 10.3. The van der Waals surface area contributed by atoms with Crippen molar-refractivity contribution < 1.29 is 18.3 Å². The van der Waals surface area contributed by atoms with Gasteiger partial charge in [-0.15, -0.1) is 0 Å². The Morgan fingerprint density at radius 1 is 0.808 bits per heavy atom. The second-order valence-electron chi connectivity index (χ2n) is 6.53. The van der Waals surface area contributed by atoms with E-state index < -0.39 is 0 Å². The summed E-state index contributed by atoms with van der Waals surface area (Å²) < 4.78 is 22.2. The van der Waals surface area contributed by atoms with E-state index in [1.807, 2.05) is 45.9 Å². The van der Waals surface area contributed by atoms with Crippen LogP contribution in [0.15, 0.2) is 45.6 Å². The van der Waals surface area contributed by atoms with E-state index in [4.69, 9.17) is 18.3 Å². The maximum absolute atomic E-state index is 5.65. The van der Waals surface area contributed by atoms with Gasteiger partial charge >= 0.3 is 0 Å². The van der Waals surface area contributed by atoms with Gasteiger partial charge in [0.1, 0.15) is 11.5 Å². The fraction of sp³-hybridized carbons (Fsp3) is 0.556. The summed E-state index contributed by atoms with van der Waals surface area (Å²) in [5.74, 6) is 4.10. The van der Waals surface area contributed by atoms with E-state index in [0.29, 0.717) is 25.5 Å². The van der Waals surface area contributed by atoms with Crippen LogP contribution < -0.4 is 0 Å². The van der Waals surface area contributed by atoms with Crippen molar-refractivity contribution in [2.45, 2.75) is 25.2 Å². The van der Waals surface area contributed by atoms with Gasteiger partial charge in [0.15, 0.2) is 0 Å². The van der Waals surface area contributed by atoms with Gasteiger partial charge in [0.05, 0.1) is 52.3 Å². The molecule has 0 bridgehead atoms. The molecule has 2 aromatic rings. The van der Waals surface area contributed by atoms with Crippen LogP contribution in [0.2, 0.25) is 0 Å². The molecule has 2 fully saturated rings. The van der Waals surface area contributed by atoms with Crippen molar-refractivity contribution in [3.8, 4) is 0 Å². The van der Waals surface area contributed by atoms with Crippen LogP contribution in [0.3, 0.4) is 0 Å². The molecule has 0 amide bonds. The van der Waals surface area contributed by atoms with Crippen molar-refractivity contribution in [2.24, 2.45) is 0 Å². The fourth-order valence-electron chi connectivity index (χ4n) is 3.15. The molecule has 0 aliphatic carbocycles. The van der Waals surface area contributed by atoms with Gasteiger partial charge in [0.2, 0.25) is 0 Å². The van der Waals surface area contributed by atoms with Gasteiger partial charge in [-0.3, -0.25) is 9.80 Å². The SMILES string of the molecule is c1coc(CN2COC[C@@H]2CSSC[C@H]2COCN2Cc2ccco2)c1. The molecule has 2 aromatic heterocycles. The van der Waals surface area contributed by atoms with Crippen LogP contribution in [0, 0.1) is 0 Å². The smallest absolute Gasteiger partial charge is 0.117 e. The van der Waals surface area contributed by atoms with Gasteiger partial charge in [-0.05, 0) is 24.3 Å². The Kier molecular flexibility index (Phi) is 6.63. The molecule has 0 N–H and O–H groups in total. The lowest BCUT2D eigenvalue weighted by molar-refractivity contribution is 0.130. The molecule has 0 spiro atoms. The zero-order valence-corrected chi connectivity index (χ0v) is 16.3. The lowest BCUT2D eigenvalue weighted by Gasteiger charge is -2.22. The molecule has 26 heavy (non-hydrogen) atoms. The molecule has 0 unspecified atom stereocenters. The van der Waals surface area contributed by atoms with E-state index in [1.165, 1.54) is 0 Å². The topological polar surface area (TPSA) is 51.2 Å². The summed E-state index contributed by atoms with van der Waals surface area (Å²) in [6, 6.07) is 8.79. The Morgan fingerprint density at radius 3 is 1.73 bits per heavy atom. The minimum Gasteiger partial charge on any atom is -0.468 e. The van der Waals surface area contributed by atoms with Gasteiger partial charge in [0.25, 0.3) is 0 Å². The van der Waals surface area contributed by atoms with E-state index >= 15 is 0 Å². The van der Waals surface area contributed by atoms with Crippen LogP contribution in [0.1, 0.15) is 11.5 Å². The number of furan rings is 2. The first-order valence-corrected chi connectivity index (χ1v) is 11.3. The number of hydrogen-bond acceptors (Lipinski definition) is 8. The van der Waals surface area contributed by atoms with Gasteiger partial charge in [-0.25, -0.2) is 0 Å². The maximum Gasteiger partial charge on any atom is 0.117 e. The molecule has 4 rings (SSSR count). The predicted octanol–water partition coefficient (Wildman–Crippen LogP) is 3.27. The van der Waals surface area contributed by atoms with Gasteiger partial charge in [-0.2, -0.15) is 0 Å². The minimum absolute atomic E-state index is 0.441. The molecular weight excluding hydrogens is 372 g/mol. The highest BCUT2D eigenvalue weighted by Gasteiger charge is 2.28. The van der Waals surface area contributed by atoms with Crippen LogP contribution in [-0.4, -0.2) is 60.1 Å². The van der Waals surface area contributed by atoms with E-state index in [2.05, 4.69) is 9.80 Å². The molecule has 2 saturated heterocycles. The second-order valence-corrected chi connectivity index (χ2v) is 9.08. The zero-order chi connectivity index (χ0) is 17.6. The largest absolute Gasteiger partial charge is 0.468 e. The van der Waals surface area contributed by atoms with Crippen LogP contribution >= 0.6 is 21.6 Å². The summed E-state index contributed by atoms with van der Waals surface area (Å²) in [5.41, 5.74) is 0. The van der Waals surface area contributed by atoms with E-state index in [9.17, 15) is 0 Å². The average Bonchev–Trinajstić information content (AvgIpc) is 3.43. The van der Waals surface area contributed by atoms with Gasteiger partial charge < -0.3 is 18.3 Å². The first-order chi connectivity index (χ1) is 12.9. The number of hydrogen-bond donors (Lipinski definition) is 0. The summed E-state index contributed by atoms with van der Waals surface area (Å²) >= 11 is 0. The Labute approximate surface area is 161 Å².